The Morgan fingerprint density at radius 1 is 1.32 bits per heavy atom. The highest BCUT2D eigenvalue weighted by Crippen LogP contribution is 2.31. The summed E-state index contributed by atoms with van der Waals surface area (Å²) in [5.74, 6) is 1.66. The Morgan fingerprint density at radius 3 is 3.00 bits per heavy atom. The van der Waals surface area contributed by atoms with Gasteiger partial charge in [0.1, 0.15) is 5.76 Å². The average Bonchev–Trinajstić information content (AvgIpc) is 2.86. The molecule has 1 aliphatic rings. The number of nitrogens with two attached hydrogens (primary N) is 1. The zero-order valence-electron chi connectivity index (χ0n) is 11.3. The molecule has 1 aromatic heterocycles. The number of rotatable bonds is 3. The molecule has 2 heterocycles. The van der Waals surface area contributed by atoms with Gasteiger partial charge in [-0.05, 0) is 30.0 Å². The van der Waals surface area contributed by atoms with Crippen molar-refractivity contribution in [1.29, 1.82) is 0 Å². The van der Waals surface area contributed by atoms with Crippen LogP contribution in [0.4, 0.5) is 5.69 Å². The van der Waals surface area contributed by atoms with Crippen molar-refractivity contribution in [1.82, 2.24) is 0 Å². The third-order valence-corrected chi connectivity index (χ3v) is 3.82. The predicted octanol–water partition coefficient (Wildman–Crippen LogP) is 2.94. The monoisotopic (exact) mass is 256 g/mol. The standard InChI is InChI=1S/C16H20N2O/c1-12-8-13-4-2-3-5-15(13)18(10-12)11-16-14(9-17)6-7-19-16/h2-7,12H,8-11,17H2,1H3. The van der Waals surface area contributed by atoms with Gasteiger partial charge in [0.05, 0.1) is 12.8 Å². The minimum absolute atomic E-state index is 0.539. The van der Waals surface area contributed by atoms with Gasteiger partial charge in [0, 0.05) is 24.3 Å². The van der Waals surface area contributed by atoms with Gasteiger partial charge in [0.15, 0.2) is 0 Å². The summed E-state index contributed by atoms with van der Waals surface area (Å²) >= 11 is 0. The largest absolute Gasteiger partial charge is 0.467 e. The second-order valence-electron chi connectivity index (χ2n) is 5.39. The molecule has 3 rings (SSSR count). The number of fused-ring (bicyclic) bond motifs is 1. The second-order valence-corrected chi connectivity index (χ2v) is 5.39. The van der Waals surface area contributed by atoms with Crippen LogP contribution in [0.5, 0.6) is 0 Å². The van der Waals surface area contributed by atoms with E-state index in [4.69, 9.17) is 10.2 Å². The molecule has 0 saturated carbocycles. The van der Waals surface area contributed by atoms with Crippen LogP contribution in [0.2, 0.25) is 0 Å². The molecule has 19 heavy (non-hydrogen) atoms. The fraction of sp³-hybridized carbons (Fsp3) is 0.375. The van der Waals surface area contributed by atoms with Gasteiger partial charge in [-0.2, -0.15) is 0 Å². The number of para-hydroxylation sites is 1. The van der Waals surface area contributed by atoms with Crippen LogP contribution in [0.3, 0.4) is 0 Å². The lowest BCUT2D eigenvalue weighted by atomic mass is 9.94. The lowest BCUT2D eigenvalue weighted by molar-refractivity contribution is 0.470. The van der Waals surface area contributed by atoms with Gasteiger partial charge in [-0.15, -0.1) is 0 Å². The van der Waals surface area contributed by atoms with E-state index in [0.717, 1.165) is 30.8 Å². The van der Waals surface area contributed by atoms with E-state index in [1.165, 1.54) is 11.3 Å². The zero-order valence-corrected chi connectivity index (χ0v) is 11.3. The summed E-state index contributed by atoms with van der Waals surface area (Å²) in [6.07, 6.45) is 2.89. The molecule has 0 fully saturated rings. The molecular formula is C16H20N2O. The molecule has 1 unspecified atom stereocenters. The van der Waals surface area contributed by atoms with E-state index in [0.29, 0.717) is 12.5 Å². The summed E-state index contributed by atoms with van der Waals surface area (Å²) < 4.78 is 5.59. The zero-order chi connectivity index (χ0) is 13.2. The van der Waals surface area contributed by atoms with Crippen molar-refractivity contribution in [2.75, 3.05) is 11.4 Å². The molecule has 0 aliphatic carbocycles. The lowest BCUT2D eigenvalue weighted by Gasteiger charge is -2.34. The average molecular weight is 256 g/mol. The molecule has 0 bridgehead atoms. The summed E-state index contributed by atoms with van der Waals surface area (Å²) in [7, 11) is 0. The Bertz CT molecular complexity index is 561. The first kappa shape index (κ1) is 12.3. The first-order chi connectivity index (χ1) is 9.28. The topological polar surface area (TPSA) is 42.4 Å². The quantitative estimate of drug-likeness (QED) is 0.918. The molecular weight excluding hydrogens is 236 g/mol. The fourth-order valence-corrected chi connectivity index (χ4v) is 2.92. The van der Waals surface area contributed by atoms with Gasteiger partial charge >= 0.3 is 0 Å². The van der Waals surface area contributed by atoms with Gasteiger partial charge < -0.3 is 15.1 Å². The van der Waals surface area contributed by atoms with Crippen LogP contribution in [0, 0.1) is 5.92 Å². The van der Waals surface area contributed by atoms with E-state index < -0.39 is 0 Å². The maximum absolute atomic E-state index is 5.74. The molecule has 0 saturated heterocycles. The highest BCUT2D eigenvalue weighted by atomic mass is 16.3. The van der Waals surface area contributed by atoms with Gasteiger partial charge in [-0.1, -0.05) is 25.1 Å². The number of nitrogens with zero attached hydrogens (tertiary/aromatic N) is 1. The fourth-order valence-electron chi connectivity index (χ4n) is 2.92. The SMILES string of the molecule is CC1Cc2ccccc2N(Cc2occc2CN)C1. The van der Waals surface area contributed by atoms with Crippen molar-refractivity contribution in [2.45, 2.75) is 26.4 Å². The first-order valence-electron chi connectivity index (χ1n) is 6.86. The lowest BCUT2D eigenvalue weighted by Crippen LogP contribution is -2.33. The third kappa shape index (κ3) is 2.38. The van der Waals surface area contributed by atoms with E-state index in [-0.39, 0.29) is 0 Å². The summed E-state index contributed by atoms with van der Waals surface area (Å²) in [5, 5.41) is 0. The van der Waals surface area contributed by atoms with Crippen LogP contribution in [-0.4, -0.2) is 6.54 Å². The van der Waals surface area contributed by atoms with Crippen LogP contribution in [-0.2, 0) is 19.5 Å². The van der Waals surface area contributed by atoms with Crippen LogP contribution >= 0.6 is 0 Å². The van der Waals surface area contributed by atoms with Gasteiger partial charge in [-0.3, -0.25) is 0 Å². The summed E-state index contributed by atoms with van der Waals surface area (Å²) in [5.41, 5.74) is 9.62. The predicted molar refractivity (Wildman–Crippen MR) is 77.0 cm³/mol. The maximum atomic E-state index is 5.74. The molecule has 2 aromatic rings. The number of benzene rings is 1. The van der Waals surface area contributed by atoms with Crippen molar-refractivity contribution in [3.8, 4) is 0 Å². The number of hydrogen-bond acceptors (Lipinski definition) is 3. The smallest absolute Gasteiger partial charge is 0.127 e. The Hall–Kier alpha value is -1.74. The van der Waals surface area contributed by atoms with Crippen molar-refractivity contribution in [3.05, 3.63) is 53.5 Å². The van der Waals surface area contributed by atoms with Crippen LogP contribution in [0.15, 0.2) is 41.0 Å². The molecule has 0 spiro atoms. The number of anilines is 1. The minimum Gasteiger partial charge on any atom is -0.467 e. The van der Waals surface area contributed by atoms with Crippen molar-refractivity contribution in [3.63, 3.8) is 0 Å². The number of furan rings is 1. The third-order valence-electron chi connectivity index (χ3n) is 3.82. The van der Waals surface area contributed by atoms with E-state index in [1.54, 1.807) is 6.26 Å². The summed E-state index contributed by atoms with van der Waals surface area (Å²) in [6, 6.07) is 10.6. The molecule has 100 valence electrons. The van der Waals surface area contributed by atoms with Crippen molar-refractivity contribution >= 4 is 5.69 Å². The minimum atomic E-state index is 0.539. The first-order valence-corrected chi connectivity index (χ1v) is 6.86. The summed E-state index contributed by atoms with van der Waals surface area (Å²) in [4.78, 5) is 2.40. The highest BCUT2D eigenvalue weighted by Gasteiger charge is 2.22. The molecule has 1 aromatic carbocycles. The second kappa shape index (κ2) is 5.10. The Kier molecular flexibility index (Phi) is 3.30. The normalized spacial score (nSPS) is 18.4. The summed E-state index contributed by atoms with van der Waals surface area (Å²) in [6.45, 7) is 4.72. The van der Waals surface area contributed by atoms with Crippen LogP contribution < -0.4 is 10.6 Å². The van der Waals surface area contributed by atoms with E-state index in [1.807, 2.05) is 6.07 Å². The molecule has 2 N–H and O–H groups in total. The Balaban J connectivity index is 1.89. The Labute approximate surface area is 114 Å². The van der Waals surface area contributed by atoms with Crippen LogP contribution in [0.1, 0.15) is 23.8 Å². The van der Waals surface area contributed by atoms with Gasteiger partial charge in [0.25, 0.3) is 0 Å². The molecule has 3 heteroatoms. The molecule has 1 aliphatic heterocycles. The van der Waals surface area contributed by atoms with Crippen LogP contribution in [0.25, 0.3) is 0 Å². The molecule has 0 radical (unpaired) electrons. The van der Waals surface area contributed by atoms with Crippen molar-refractivity contribution < 1.29 is 4.42 Å². The number of hydrogen-bond donors (Lipinski definition) is 1. The van der Waals surface area contributed by atoms with Gasteiger partial charge in [-0.25, -0.2) is 0 Å². The molecule has 3 nitrogen and oxygen atoms in total. The highest BCUT2D eigenvalue weighted by molar-refractivity contribution is 5.56. The van der Waals surface area contributed by atoms with E-state index in [2.05, 4.69) is 36.1 Å². The maximum Gasteiger partial charge on any atom is 0.127 e. The Morgan fingerprint density at radius 2 is 2.16 bits per heavy atom. The van der Waals surface area contributed by atoms with E-state index >= 15 is 0 Å². The molecule has 0 amide bonds. The van der Waals surface area contributed by atoms with Gasteiger partial charge in [0.2, 0.25) is 0 Å². The molecule has 1 atom stereocenters. The van der Waals surface area contributed by atoms with E-state index in [9.17, 15) is 0 Å². The van der Waals surface area contributed by atoms with Crippen molar-refractivity contribution in [2.24, 2.45) is 11.7 Å².